The minimum absolute atomic E-state index is 0.0160. The average molecular weight is 370 g/mol. The van der Waals surface area contributed by atoms with Crippen LogP contribution in [0, 0.1) is 30.9 Å². The van der Waals surface area contributed by atoms with Gasteiger partial charge in [0.1, 0.15) is 11.6 Å². The molecule has 2 aromatic rings. The van der Waals surface area contributed by atoms with Crippen LogP contribution < -0.4 is 5.32 Å². The third-order valence-electron chi connectivity index (χ3n) is 3.93. The molecule has 0 fully saturated rings. The molecule has 0 bridgehead atoms. The number of nitrogens with one attached hydrogen (secondary N) is 1. The lowest BCUT2D eigenvalue weighted by Gasteiger charge is -2.20. The van der Waals surface area contributed by atoms with Gasteiger partial charge in [-0.15, -0.1) is 6.42 Å². The molecule has 0 aliphatic rings. The van der Waals surface area contributed by atoms with E-state index in [1.807, 2.05) is 31.2 Å². The Kier molecular flexibility index (Phi) is 7.07. The summed E-state index contributed by atoms with van der Waals surface area (Å²) in [5.74, 6) is -0.199. The quantitative estimate of drug-likeness (QED) is 0.762. The molecule has 2 amide bonds. The zero-order valence-electron chi connectivity index (χ0n) is 15.0. The number of benzene rings is 2. The van der Waals surface area contributed by atoms with Gasteiger partial charge in [-0.2, -0.15) is 0 Å². The molecule has 0 atom stereocenters. The zero-order valence-corrected chi connectivity index (χ0v) is 15.0. The Morgan fingerprint density at radius 1 is 1.15 bits per heavy atom. The summed E-state index contributed by atoms with van der Waals surface area (Å²) in [7, 11) is 0. The highest BCUT2D eigenvalue weighted by Gasteiger charge is 2.15. The van der Waals surface area contributed by atoms with Crippen LogP contribution >= 0.6 is 0 Å². The molecular formula is C21H20F2N2O2. The smallest absolute Gasteiger partial charge is 0.254 e. The van der Waals surface area contributed by atoms with E-state index >= 15 is 0 Å². The van der Waals surface area contributed by atoms with Crippen LogP contribution in [0.2, 0.25) is 0 Å². The average Bonchev–Trinajstić information content (AvgIpc) is 2.63. The fourth-order valence-electron chi connectivity index (χ4n) is 2.47. The molecule has 0 unspecified atom stereocenters. The number of carbonyl (C=O) groups excluding carboxylic acids is 2. The van der Waals surface area contributed by atoms with Crippen LogP contribution in [0.15, 0.2) is 42.5 Å². The Morgan fingerprint density at radius 2 is 1.85 bits per heavy atom. The summed E-state index contributed by atoms with van der Waals surface area (Å²) in [4.78, 5) is 25.8. The van der Waals surface area contributed by atoms with E-state index in [0.29, 0.717) is 12.6 Å². The fraction of sp³-hybridized carbons (Fsp3) is 0.238. The third kappa shape index (κ3) is 5.93. The second-order valence-corrected chi connectivity index (χ2v) is 6.07. The molecule has 4 nitrogen and oxygen atoms in total. The molecule has 0 aliphatic carbocycles. The second kappa shape index (κ2) is 9.48. The summed E-state index contributed by atoms with van der Waals surface area (Å²) < 4.78 is 26.5. The zero-order chi connectivity index (χ0) is 19.8. The number of terminal acetylenes is 1. The first-order valence-corrected chi connectivity index (χ1v) is 8.40. The van der Waals surface area contributed by atoms with Gasteiger partial charge < -0.3 is 10.2 Å². The number of halogens is 2. The molecule has 0 aromatic heterocycles. The van der Waals surface area contributed by atoms with Crippen LogP contribution in [0.4, 0.5) is 8.78 Å². The minimum Gasteiger partial charge on any atom is -0.351 e. The number of nitrogens with zero attached hydrogens (tertiary/aromatic N) is 1. The van der Waals surface area contributed by atoms with Gasteiger partial charge in [-0.3, -0.25) is 9.59 Å². The first kappa shape index (κ1) is 20.1. The van der Waals surface area contributed by atoms with Crippen LogP contribution in [0.25, 0.3) is 0 Å². The Morgan fingerprint density at radius 3 is 2.48 bits per heavy atom. The van der Waals surface area contributed by atoms with E-state index in [1.54, 1.807) is 0 Å². The van der Waals surface area contributed by atoms with E-state index in [4.69, 9.17) is 6.42 Å². The SMILES string of the molecule is C#CCN(Cc1ccc(C)cc1)C(=O)CCNC(=O)c1ccc(F)cc1F. The maximum Gasteiger partial charge on any atom is 0.254 e. The molecule has 0 heterocycles. The maximum atomic E-state index is 13.6. The largest absolute Gasteiger partial charge is 0.351 e. The lowest BCUT2D eigenvalue weighted by Crippen LogP contribution is -2.34. The molecule has 1 N–H and O–H groups in total. The third-order valence-corrected chi connectivity index (χ3v) is 3.93. The summed E-state index contributed by atoms with van der Waals surface area (Å²) in [5.41, 5.74) is 1.79. The Bertz CT molecular complexity index is 857. The summed E-state index contributed by atoms with van der Waals surface area (Å²) in [5, 5.41) is 2.46. The molecule has 0 saturated carbocycles. The van der Waals surface area contributed by atoms with Gasteiger partial charge in [0, 0.05) is 25.6 Å². The van der Waals surface area contributed by atoms with Crippen molar-refractivity contribution in [2.24, 2.45) is 0 Å². The van der Waals surface area contributed by atoms with Crippen molar-refractivity contribution < 1.29 is 18.4 Å². The molecule has 6 heteroatoms. The maximum absolute atomic E-state index is 13.6. The molecular weight excluding hydrogens is 350 g/mol. The number of aryl methyl sites for hydroxylation is 1. The number of hydrogen-bond acceptors (Lipinski definition) is 2. The predicted molar refractivity (Wildman–Crippen MR) is 98.7 cm³/mol. The molecule has 2 rings (SSSR count). The van der Waals surface area contributed by atoms with Crippen molar-refractivity contribution in [3.05, 3.63) is 70.8 Å². The Balaban J connectivity index is 1.90. The van der Waals surface area contributed by atoms with Crippen molar-refractivity contribution in [2.75, 3.05) is 13.1 Å². The molecule has 0 radical (unpaired) electrons. The summed E-state index contributed by atoms with van der Waals surface area (Å²) >= 11 is 0. The van der Waals surface area contributed by atoms with E-state index in [0.717, 1.165) is 23.3 Å². The summed E-state index contributed by atoms with van der Waals surface area (Å²) in [6.45, 7) is 2.50. The van der Waals surface area contributed by atoms with Crippen molar-refractivity contribution in [3.8, 4) is 12.3 Å². The van der Waals surface area contributed by atoms with E-state index in [-0.39, 0.29) is 31.0 Å². The molecule has 0 spiro atoms. The molecule has 140 valence electrons. The van der Waals surface area contributed by atoms with Gasteiger partial charge in [0.05, 0.1) is 12.1 Å². The van der Waals surface area contributed by atoms with Crippen LogP contribution in [-0.2, 0) is 11.3 Å². The molecule has 0 aliphatic heterocycles. The van der Waals surface area contributed by atoms with Gasteiger partial charge in [-0.05, 0) is 24.6 Å². The standard InChI is InChI=1S/C21H20F2N2O2/c1-3-12-25(14-16-6-4-15(2)5-7-16)20(26)10-11-24-21(27)18-9-8-17(22)13-19(18)23/h1,4-9,13H,10-12,14H2,2H3,(H,24,27). The summed E-state index contributed by atoms with van der Waals surface area (Å²) in [6, 6.07) is 10.4. The van der Waals surface area contributed by atoms with Gasteiger partial charge in [-0.25, -0.2) is 8.78 Å². The van der Waals surface area contributed by atoms with Crippen LogP contribution in [-0.4, -0.2) is 29.8 Å². The van der Waals surface area contributed by atoms with E-state index in [2.05, 4.69) is 11.2 Å². The first-order valence-electron chi connectivity index (χ1n) is 8.40. The topological polar surface area (TPSA) is 49.4 Å². The van der Waals surface area contributed by atoms with Crippen molar-refractivity contribution in [3.63, 3.8) is 0 Å². The van der Waals surface area contributed by atoms with Gasteiger partial charge in [0.25, 0.3) is 5.91 Å². The number of carbonyl (C=O) groups is 2. The molecule has 0 saturated heterocycles. The highest BCUT2D eigenvalue weighted by atomic mass is 19.1. The minimum atomic E-state index is -0.952. The monoisotopic (exact) mass is 370 g/mol. The summed E-state index contributed by atoms with van der Waals surface area (Å²) in [6.07, 6.45) is 5.36. The van der Waals surface area contributed by atoms with E-state index in [9.17, 15) is 18.4 Å². The highest BCUT2D eigenvalue weighted by Crippen LogP contribution is 2.10. The highest BCUT2D eigenvalue weighted by molar-refractivity contribution is 5.94. The van der Waals surface area contributed by atoms with Gasteiger partial charge in [0.15, 0.2) is 0 Å². The first-order chi connectivity index (χ1) is 12.9. The Hall–Kier alpha value is -3.20. The normalized spacial score (nSPS) is 10.1. The van der Waals surface area contributed by atoms with Crippen LogP contribution in [0.1, 0.15) is 27.9 Å². The Labute approximate surface area is 157 Å². The van der Waals surface area contributed by atoms with E-state index < -0.39 is 17.5 Å². The van der Waals surface area contributed by atoms with Crippen LogP contribution in [0.5, 0.6) is 0 Å². The fourth-order valence-corrected chi connectivity index (χ4v) is 2.47. The van der Waals surface area contributed by atoms with Gasteiger partial charge in [0.2, 0.25) is 5.91 Å². The van der Waals surface area contributed by atoms with Crippen molar-refractivity contribution >= 4 is 11.8 Å². The number of amides is 2. The lowest BCUT2D eigenvalue weighted by atomic mass is 10.1. The van der Waals surface area contributed by atoms with Gasteiger partial charge in [-0.1, -0.05) is 35.7 Å². The van der Waals surface area contributed by atoms with E-state index in [1.165, 1.54) is 4.90 Å². The van der Waals surface area contributed by atoms with Crippen molar-refractivity contribution in [2.45, 2.75) is 19.9 Å². The van der Waals surface area contributed by atoms with Crippen LogP contribution in [0.3, 0.4) is 0 Å². The lowest BCUT2D eigenvalue weighted by molar-refractivity contribution is -0.131. The second-order valence-electron chi connectivity index (χ2n) is 6.07. The number of hydrogen-bond donors (Lipinski definition) is 1. The number of rotatable bonds is 7. The van der Waals surface area contributed by atoms with Gasteiger partial charge >= 0.3 is 0 Å². The van der Waals surface area contributed by atoms with Crippen molar-refractivity contribution in [1.82, 2.24) is 10.2 Å². The molecule has 27 heavy (non-hydrogen) atoms. The van der Waals surface area contributed by atoms with Crippen molar-refractivity contribution in [1.29, 1.82) is 0 Å². The molecule has 2 aromatic carbocycles. The predicted octanol–water partition coefficient (Wildman–Crippen LogP) is 3.06.